The Morgan fingerprint density at radius 3 is 2.74 bits per heavy atom. The summed E-state index contributed by atoms with van der Waals surface area (Å²) >= 11 is 0.891. The van der Waals surface area contributed by atoms with Crippen molar-refractivity contribution in [1.82, 2.24) is 4.98 Å². The second-order valence-corrected chi connectivity index (χ2v) is 7.97. The third kappa shape index (κ3) is 3.39. The van der Waals surface area contributed by atoms with Gasteiger partial charge in [0.2, 0.25) is 10.2 Å². The summed E-state index contributed by atoms with van der Waals surface area (Å²) in [5, 5.41) is 3.85. The van der Waals surface area contributed by atoms with Gasteiger partial charge in [-0.25, -0.2) is 4.98 Å². The number of hydrogen-bond acceptors (Lipinski definition) is 8. The number of ether oxygens (including phenoxy) is 1. The molecule has 140 valence electrons. The molecule has 1 aliphatic heterocycles. The lowest BCUT2D eigenvalue weighted by atomic mass is 10.0. The lowest BCUT2D eigenvalue weighted by Crippen LogP contribution is -2.14. The van der Waals surface area contributed by atoms with Gasteiger partial charge in [-0.2, -0.15) is 8.42 Å². The van der Waals surface area contributed by atoms with Gasteiger partial charge in [-0.1, -0.05) is 0 Å². The molecule has 2 heterocycles. The number of rotatable bonds is 6. The summed E-state index contributed by atoms with van der Waals surface area (Å²) in [6, 6.07) is 1.18. The first kappa shape index (κ1) is 18.5. The fourth-order valence-corrected chi connectivity index (χ4v) is 4.33. The summed E-state index contributed by atoms with van der Waals surface area (Å²) in [5.74, 6) is -2.51. The minimum absolute atomic E-state index is 0.000962. The Bertz CT molecular complexity index is 1090. The third-order valence-corrected chi connectivity index (χ3v) is 6.08. The molecule has 12 heteroatoms. The van der Waals surface area contributed by atoms with E-state index in [1.807, 2.05) is 0 Å². The normalized spacial score (nSPS) is 13.5. The van der Waals surface area contributed by atoms with Gasteiger partial charge in [0.25, 0.3) is 21.7 Å². The number of sulfonamides is 1. The molecule has 0 saturated carbocycles. The molecule has 1 aliphatic rings. The van der Waals surface area contributed by atoms with Crippen molar-refractivity contribution in [3.63, 3.8) is 0 Å². The van der Waals surface area contributed by atoms with Crippen molar-refractivity contribution in [2.24, 2.45) is 5.73 Å². The van der Waals surface area contributed by atoms with E-state index >= 15 is 0 Å². The standard InChI is InChI=1S/C15H12N4O6S2/c1-25-13-7(2-3-10(16)20)9(6-8-11(13)18-14(22)12(8)21)19-27(23,24)15-17-4-5-26-15/h2-6,19H,1H3,(H2,16,20)(H,18,21,22)/b3-2+. The van der Waals surface area contributed by atoms with Crippen molar-refractivity contribution in [3.8, 4) is 5.75 Å². The molecule has 2 amide bonds. The number of primary amides is 1. The highest BCUT2D eigenvalue weighted by molar-refractivity contribution is 7.94. The van der Waals surface area contributed by atoms with E-state index in [0.717, 1.165) is 17.4 Å². The Kier molecular flexibility index (Phi) is 4.68. The van der Waals surface area contributed by atoms with Crippen LogP contribution in [0.5, 0.6) is 5.75 Å². The number of carbonyl (C=O) groups is 3. The Morgan fingerprint density at radius 1 is 1.41 bits per heavy atom. The van der Waals surface area contributed by atoms with E-state index in [4.69, 9.17) is 10.5 Å². The van der Waals surface area contributed by atoms with Gasteiger partial charge in [0.15, 0.2) is 5.75 Å². The second-order valence-electron chi connectivity index (χ2n) is 5.22. The van der Waals surface area contributed by atoms with Gasteiger partial charge in [-0.3, -0.25) is 19.1 Å². The number of benzene rings is 1. The zero-order valence-corrected chi connectivity index (χ0v) is 15.3. The number of nitrogens with zero attached hydrogens (tertiary/aromatic N) is 1. The lowest BCUT2D eigenvalue weighted by Gasteiger charge is -2.16. The highest BCUT2D eigenvalue weighted by Crippen LogP contribution is 2.42. The molecule has 3 rings (SSSR count). The van der Waals surface area contributed by atoms with Crippen LogP contribution < -0.4 is 20.5 Å². The molecule has 0 spiro atoms. The molecule has 1 aromatic carbocycles. The van der Waals surface area contributed by atoms with Crippen molar-refractivity contribution in [2.75, 3.05) is 17.1 Å². The molecule has 0 fully saturated rings. The largest absolute Gasteiger partial charge is 0.494 e. The maximum absolute atomic E-state index is 12.5. The molecular formula is C15H12N4O6S2. The number of anilines is 2. The predicted octanol–water partition coefficient (Wildman–Crippen LogP) is 0.586. The predicted molar refractivity (Wildman–Crippen MR) is 97.1 cm³/mol. The first-order chi connectivity index (χ1) is 12.7. The van der Waals surface area contributed by atoms with E-state index in [0.29, 0.717) is 0 Å². The van der Waals surface area contributed by atoms with Crippen LogP contribution in [0.15, 0.2) is 28.1 Å². The molecule has 0 atom stereocenters. The van der Waals surface area contributed by atoms with Gasteiger partial charge in [0.05, 0.1) is 24.0 Å². The molecule has 0 unspecified atom stereocenters. The van der Waals surface area contributed by atoms with Crippen LogP contribution in [0.3, 0.4) is 0 Å². The fourth-order valence-electron chi connectivity index (χ4n) is 2.43. The van der Waals surface area contributed by atoms with Gasteiger partial charge in [0.1, 0.15) is 0 Å². The van der Waals surface area contributed by atoms with Crippen LogP contribution in [0.1, 0.15) is 15.9 Å². The second kappa shape index (κ2) is 6.81. The van der Waals surface area contributed by atoms with Crippen LogP contribution in [-0.2, 0) is 19.6 Å². The molecule has 1 aromatic heterocycles. The zero-order valence-electron chi connectivity index (χ0n) is 13.7. The molecule has 10 nitrogen and oxygen atoms in total. The lowest BCUT2D eigenvalue weighted by molar-refractivity contribution is -0.113. The quantitative estimate of drug-likeness (QED) is 0.466. The smallest absolute Gasteiger partial charge is 0.296 e. The van der Waals surface area contributed by atoms with E-state index in [9.17, 15) is 22.8 Å². The van der Waals surface area contributed by atoms with Crippen molar-refractivity contribution in [1.29, 1.82) is 0 Å². The minimum Gasteiger partial charge on any atom is -0.494 e. The van der Waals surface area contributed by atoms with E-state index < -0.39 is 27.6 Å². The number of ketones is 1. The molecule has 0 radical (unpaired) electrons. The Labute approximate surface area is 157 Å². The van der Waals surface area contributed by atoms with Crippen LogP contribution in [0.2, 0.25) is 0 Å². The molecule has 27 heavy (non-hydrogen) atoms. The van der Waals surface area contributed by atoms with Crippen molar-refractivity contribution in [2.45, 2.75) is 4.34 Å². The average molecular weight is 408 g/mol. The number of nitrogens with one attached hydrogen (secondary N) is 2. The maximum atomic E-state index is 12.5. The Hall–Kier alpha value is -3.25. The molecule has 0 bridgehead atoms. The van der Waals surface area contributed by atoms with E-state index in [1.165, 1.54) is 30.8 Å². The number of methoxy groups -OCH3 is 1. The third-order valence-electron chi connectivity index (χ3n) is 3.51. The highest BCUT2D eigenvalue weighted by Gasteiger charge is 2.34. The van der Waals surface area contributed by atoms with Gasteiger partial charge in [-0.05, 0) is 12.1 Å². The number of thiazole rings is 1. The Balaban J connectivity index is 2.21. The van der Waals surface area contributed by atoms with Crippen LogP contribution >= 0.6 is 11.3 Å². The zero-order chi connectivity index (χ0) is 19.8. The summed E-state index contributed by atoms with van der Waals surface area (Å²) in [7, 11) is -2.80. The molecule has 0 aliphatic carbocycles. The van der Waals surface area contributed by atoms with Gasteiger partial charge >= 0.3 is 0 Å². The number of aromatic nitrogens is 1. The number of carbonyl (C=O) groups excluding carboxylic acids is 3. The number of amides is 2. The maximum Gasteiger partial charge on any atom is 0.296 e. The van der Waals surface area contributed by atoms with Crippen molar-refractivity contribution >= 4 is 56.4 Å². The van der Waals surface area contributed by atoms with Crippen LogP contribution in [0, 0.1) is 0 Å². The summed E-state index contributed by atoms with van der Waals surface area (Å²) < 4.78 is 32.4. The molecule has 2 aromatic rings. The van der Waals surface area contributed by atoms with E-state index in [-0.39, 0.29) is 32.6 Å². The fraction of sp³-hybridized carbons (Fsp3) is 0.0667. The summed E-state index contributed by atoms with van der Waals surface area (Å²) in [4.78, 5) is 38.6. The topological polar surface area (TPSA) is 158 Å². The Morgan fingerprint density at radius 2 is 2.15 bits per heavy atom. The van der Waals surface area contributed by atoms with Crippen LogP contribution in [0.25, 0.3) is 6.08 Å². The number of hydrogen-bond donors (Lipinski definition) is 3. The van der Waals surface area contributed by atoms with Crippen molar-refractivity contribution in [3.05, 3.63) is 34.8 Å². The summed E-state index contributed by atoms with van der Waals surface area (Å²) in [6.45, 7) is 0. The first-order valence-electron chi connectivity index (χ1n) is 7.25. The number of nitrogens with two attached hydrogens (primary N) is 1. The van der Waals surface area contributed by atoms with Crippen LogP contribution in [0.4, 0.5) is 11.4 Å². The highest BCUT2D eigenvalue weighted by atomic mass is 32.2. The molecule has 0 saturated heterocycles. The van der Waals surface area contributed by atoms with Gasteiger partial charge in [0, 0.05) is 23.2 Å². The number of Topliss-reactive ketones (excluding diaryl/α,β-unsaturated/α-hetero) is 1. The SMILES string of the molecule is COc1c(/C=C/C(N)=O)c(NS(=O)(=O)c2nccs2)cc2c1NC(=O)C2=O. The first-order valence-corrected chi connectivity index (χ1v) is 9.61. The van der Waals surface area contributed by atoms with Gasteiger partial charge in [-0.15, -0.1) is 11.3 Å². The van der Waals surface area contributed by atoms with Crippen LogP contribution in [-0.4, -0.2) is 38.1 Å². The average Bonchev–Trinajstić information content (AvgIpc) is 3.23. The minimum atomic E-state index is -4.07. The number of fused-ring (bicyclic) bond motifs is 1. The monoisotopic (exact) mass is 408 g/mol. The van der Waals surface area contributed by atoms with Gasteiger partial charge < -0.3 is 15.8 Å². The molecular weight excluding hydrogens is 396 g/mol. The summed E-state index contributed by atoms with van der Waals surface area (Å²) in [6.07, 6.45) is 3.53. The van der Waals surface area contributed by atoms with Crippen molar-refractivity contribution < 1.29 is 27.5 Å². The van der Waals surface area contributed by atoms with E-state index in [1.54, 1.807) is 0 Å². The van der Waals surface area contributed by atoms with E-state index in [2.05, 4.69) is 15.0 Å². The summed E-state index contributed by atoms with van der Waals surface area (Å²) in [5.41, 5.74) is 5.14. The molecule has 4 N–H and O–H groups in total.